The molecule has 1 N–H and O–H groups in total. The number of amides is 3. The summed E-state index contributed by atoms with van der Waals surface area (Å²) < 4.78 is 0. The highest BCUT2D eigenvalue weighted by atomic mass is 35.5. The van der Waals surface area contributed by atoms with E-state index in [1.807, 2.05) is 13.8 Å². The molecule has 0 fully saturated rings. The topological polar surface area (TPSA) is 66.5 Å². The molecule has 0 saturated carbocycles. The summed E-state index contributed by atoms with van der Waals surface area (Å²) in [5.41, 5.74) is 1.16. The summed E-state index contributed by atoms with van der Waals surface area (Å²) in [6.07, 6.45) is 0. The smallest absolute Gasteiger partial charge is 0.266 e. The minimum Gasteiger partial charge on any atom is -0.352 e. The van der Waals surface area contributed by atoms with E-state index in [1.165, 1.54) is 12.1 Å². The summed E-state index contributed by atoms with van der Waals surface area (Å²) in [6.45, 7) is 4.52. The third-order valence-corrected chi connectivity index (χ3v) is 4.23. The van der Waals surface area contributed by atoms with Gasteiger partial charge in [0.1, 0.15) is 0 Å². The van der Waals surface area contributed by atoms with Crippen molar-refractivity contribution in [3.05, 3.63) is 64.2 Å². The number of para-hydroxylation sites is 1. The number of carbonyl (C=O) groups is 3. The van der Waals surface area contributed by atoms with Crippen molar-refractivity contribution in [1.82, 2.24) is 5.32 Å². The Labute approximate surface area is 150 Å². The average Bonchev–Trinajstić information content (AvgIpc) is 2.84. The van der Waals surface area contributed by atoms with E-state index in [-0.39, 0.29) is 17.0 Å². The number of nitrogens with one attached hydrogen (secondary N) is 1. The van der Waals surface area contributed by atoms with Crippen LogP contribution in [0, 0.1) is 5.92 Å². The lowest BCUT2D eigenvalue weighted by atomic mass is 10.1. The van der Waals surface area contributed by atoms with Gasteiger partial charge in [-0.1, -0.05) is 37.6 Å². The standard InChI is InChI=1S/C19H17ClN2O3/c1-11(2)10-21-17(23)12-7-8-13-14(9-12)19(25)22(18(13)24)16-6-4-3-5-15(16)20/h3-9,11H,10H2,1-2H3,(H,21,23). The van der Waals surface area contributed by atoms with Crippen LogP contribution < -0.4 is 10.2 Å². The zero-order valence-corrected chi connectivity index (χ0v) is 14.6. The number of anilines is 1. The molecule has 1 heterocycles. The third kappa shape index (κ3) is 3.15. The van der Waals surface area contributed by atoms with Crippen LogP contribution in [0.5, 0.6) is 0 Å². The van der Waals surface area contributed by atoms with Crippen LogP contribution in [0.15, 0.2) is 42.5 Å². The Balaban J connectivity index is 1.93. The van der Waals surface area contributed by atoms with E-state index >= 15 is 0 Å². The number of rotatable bonds is 4. The van der Waals surface area contributed by atoms with Crippen LogP contribution in [-0.4, -0.2) is 24.3 Å². The fourth-order valence-electron chi connectivity index (χ4n) is 2.63. The van der Waals surface area contributed by atoms with Gasteiger partial charge in [0.15, 0.2) is 0 Å². The Morgan fingerprint density at radius 1 is 1.08 bits per heavy atom. The summed E-state index contributed by atoms with van der Waals surface area (Å²) in [6, 6.07) is 11.2. The van der Waals surface area contributed by atoms with E-state index < -0.39 is 11.8 Å². The van der Waals surface area contributed by atoms with Crippen LogP contribution in [0.4, 0.5) is 5.69 Å². The second kappa shape index (κ2) is 6.69. The van der Waals surface area contributed by atoms with Crippen LogP contribution in [0.2, 0.25) is 5.02 Å². The molecule has 2 aromatic rings. The quantitative estimate of drug-likeness (QED) is 0.852. The second-order valence-corrected chi connectivity index (χ2v) is 6.67. The number of nitrogens with zero attached hydrogens (tertiary/aromatic N) is 1. The highest BCUT2D eigenvalue weighted by Crippen LogP contribution is 2.33. The zero-order chi connectivity index (χ0) is 18.1. The Bertz CT molecular complexity index is 877. The maximum atomic E-state index is 12.7. The molecular formula is C19H17ClN2O3. The van der Waals surface area contributed by atoms with Gasteiger partial charge in [0, 0.05) is 12.1 Å². The summed E-state index contributed by atoms with van der Waals surface area (Å²) in [4.78, 5) is 38.6. The summed E-state index contributed by atoms with van der Waals surface area (Å²) >= 11 is 6.12. The van der Waals surface area contributed by atoms with E-state index in [0.29, 0.717) is 28.7 Å². The largest absolute Gasteiger partial charge is 0.352 e. The van der Waals surface area contributed by atoms with E-state index in [9.17, 15) is 14.4 Å². The van der Waals surface area contributed by atoms with Gasteiger partial charge in [0.25, 0.3) is 17.7 Å². The lowest BCUT2D eigenvalue weighted by Gasteiger charge is -2.15. The molecule has 1 aliphatic heterocycles. The first-order valence-electron chi connectivity index (χ1n) is 7.95. The van der Waals surface area contributed by atoms with Gasteiger partial charge in [-0.15, -0.1) is 0 Å². The SMILES string of the molecule is CC(C)CNC(=O)c1ccc2c(c1)C(=O)N(c1ccccc1Cl)C2=O. The molecule has 3 rings (SSSR count). The van der Waals surface area contributed by atoms with Crippen LogP contribution in [0.25, 0.3) is 0 Å². The monoisotopic (exact) mass is 356 g/mol. The van der Waals surface area contributed by atoms with Crippen LogP contribution in [0.1, 0.15) is 44.9 Å². The molecule has 0 spiro atoms. The van der Waals surface area contributed by atoms with Crippen LogP contribution in [0.3, 0.4) is 0 Å². The molecular weight excluding hydrogens is 340 g/mol. The Hall–Kier alpha value is -2.66. The van der Waals surface area contributed by atoms with Gasteiger partial charge >= 0.3 is 0 Å². The number of fused-ring (bicyclic) bond motifs is 1. The van der Waals surface area contributed by atoms with Crippen molar-refractivity contribution in [1.29, 1.82) is 0 Å². The summed E-state index contributed by atoms with van der Waals surface area (Å²) in [7, 11) is 0. The number of halogens is 1. The predicted molar refractivity (Wildman–Crippen MR) is 96.2 cm³/mol. The molecule has 25 heavy (non-hydrogen) atoms. The van der Waals surface area contributed by atoms with Crippen LogP contribution >= 0.6 is 11.6 Å². The molecule has 3 amide bonds. The molecule has 0 radical (unpaired) electrons. The lowest BCUT2D eigenvalue weighted by molar-refractivity contribution is 0.0923. The Morgan fingerprint density at radius 2 is 1.76 bits per heavy atom. The van der Waals surface area contributed by atoms with Crippen molar-refractivity contribution >= 4 is 35.0 Å². The van der Waals surface area contributed by atoms with Crippen molar-refractivity contribution in [2.75, 3.05) is 11.4 Å². The van der Waals surface area contributed by atoms with Crippen molar-refractivity contribution in [3.63, 3.8) is 0 Å². The molecule has 5 nitrogen and oxygen atoms in total. The third-order valence-electron chi connectivity index (χ3n) is 3.91. The zero-order valence-electron chi connectivity index (χ0n) is 13.9. The summed E-state index contributed by atoms with van der Waals surface area (Å²) in [5.74, 6) is -0.876. The molecule has 6 heteroatoms. The molecule has 0 aliphatic carbocycles. The van der Waals surface area contributed by atoms with Crippen molar-refractivity contribution in [2.45, 2.75) is 13.8 Å². The van der Waals surface area contributed by atoms with Gasteiger partial charge in [-0.05, 0) is 36.2 Å². The van der Waals surface area contributed by atoms with E-state index in [1.54, 1.807) is 30.3 Å². The van der Waals surface area contributed by atoms with Gasteiger partial charge < -0.3 is 5.32 Å². The van der Waals surface area contributed by atoms with E-state index in [4.69, 9.17) is 11.6 Å². The number of benzene rings is 2. The van der Waals surface area contributed by atoms with E-state index in [2.05, 4.69) is 5.32 Å². The van der Waals surface area contributed by atoms with Gasteiger partial charge in [-0.25, -0.2) is 4.90 Å². The first-order chi connectivity index (χ1) is 11.9. The molecule has 0 unspecified atom stereocenters. The number of carbonyl (C=O) groups excluding carboxylic acids is 3. The summed E-state index contributed by atoms with van der Waals surface area (Å²) in [5, 5.41) is 3.11. The molecule has 1 aliphatic rings. The van der Waals surface area contributed by atoms with Gasteiger partial charge in [0.05, 0.1) is 21.8 Å². The fraction of sp³-hybridized carbons (Fsp3) is 0.211. The number of hydrogen-bond acceptors (Lipinski definition) is 3. The normalized spacial score (nSPS) is 13.4. The van der Waals surface area contributed by atoms with Gasteiger partial charge in [-0.3, -0.25) is 14.4 Å². The highest BCUT2D eigenvalue weighted by Gasteiger charge is 2.37. The molecule has 0 aromatic heterocycles. The fourth-order valence-corrected chi connectivity index (χ4v) is 2.85. The number of imide groups is 1. The molecule has 128 valence electrons. The maximum absolute atomic E-state index is 12.7. The minimum absolute atomic E-state index is 0.210. The highest BCUT2D eigenvalue weighted by molar-refractivity contribution is 6.39. The molecule has 0 bridgehead atoms. The maximum Gasteiger partial charge on any atom is 0.266 e. The van der Waals surface area contributed by atoms with Crippen molar-refractivity contribution in [2.24, 2.45) is 5.92 Å². The van der Waals surface area contributed by atoms with Crippen molar-refractivity contribution in [3.8, 4) is 0 Å². The molecule has 0 saturated heterocycles. The molecule has 2 aromatic carbocycles. The van der Waals surface area contributed by atoms with Gasteiger partial charge in [-0.2, -0.15) is 0 Å². The Kier molecular flexibility index (Phi) is 4.59. The van der Waals surface area contributed by atoms with Crippen LogP contribution in [-0.2, 0) is 0 Å². The first kappa shape index (κ1) is 17.2. The molecule has 0 atom stereocenters. The van der Waals surface area contributed by atoms with Gasteiger partial charge in [0.2, 0.25) is 0 Å². The minimum atomic E-state index is -0.480. The number of hydrogen-bond donors (Lipinski definition) is 1. The average molecular weight is 357 g/mol. The Morgan fingerprint density at radius 3 is 2.44 bits per heavy atom. The lowest BCUT2D eigenvalue weighted by Crippen LogP contribution is -2.29. The second-order valence-electron chi connectivity index (χ2n) is 6.26. The van der Waals surface area contributed by atoms with Crippen molar-refractivity contribution < 1.29 is 14.4 Å². The van der Waals surface area contributed by atoms with E-state index in [0.717, 1.165) is 4.90 Å². The first-order valence-corrected chi connectivity index (χ1v) is 8.33. The predicted octanol–water partition coefficient (Wildman–Crippen LogP) is 3.53.